The third kappa shape index (κ3) is 2.08. The van der Waals surface area contributed by atoms with Gasteiger partial charge in [0, 0.05) is 4.53 Å². The van der Waals surface area contributed by atoms with Crippen molar-refractivity contribution in [3.05, 3.63) is 18.3 Å². The van der Waals surface area contributed by atoms with Gasteiger partial charge < -0.3 is 5.11 Å². The molecule has 0 aromatic carbocycles. The van der Waals surface area contributed by atoms with Crippen molar-refractivity contribution in [2.75, 3.05) is 5.32 Å². The van der Waals surface area contributed by atoms with Crippen LogP contribution in [0.1, 0.15) is 0 Å². The fraction of sp³-hybridized carbons (Fsp3) is 0. The van der Waals surface area contributed by atoms with Gasteiger partial charge in [0.15, 0.2) is 0 Å². The number of hydrogen-bond donors (Lipinski definition) is 2. The number of rotatable bonds is 1. The van der Waals surface area contributed by atoms with Crippen LogP contribution in [0.25, 0.3) is 0 Å². The molecule has 0 atom stereocenters. The first-order chi connectivity index (χ1) is 5.72. The molecule has 1 aromatic rings. The van der Waals surface area contributed by atoms with E-state index in [1.807, 2.05) is 5.32 Å². The highest BCUT2D eigenvalue weighted by molar-refractivity contribution is 5.82. The lowest BCUT2D eigenvalue weighted by molar-refractivity contribution is -0.0544. The van der Waals surface area contributed by atoms with Crippen LogP contribution in [0.3, 0.4) is 0 Å². The summed E-state index contributed by atoms with van der Waals surface area (Å²) in [5.41, 5.74) is 0. The minimum Gasteiger partial charge on any atom is -0.506 e. The molecule has 0 unspecified atom stereocenters. The molecule has 0 aliphatic heterocycles. The minimum atomic E-state index is -1.26. The Hall–Kier alpha value is -1.85. The molecule has 1 aromatic heterocycles. The summed E-state index contributed by atoms with van der Waals surface area (Å²) in [7, 11) is 0. The van der Waals surface area contributed by atoms with Gasteiger partial charge in [-0.1, -0.05) is 0 Å². The van der Waals surface area contributed by atoms with Crippen LogP contribution in [0.2, 0.25) is 0 Å². The molecule has 0 saturated heterocycles. The van der Waals surface area contributed by atoms with Crippen molar-refractivity contribution in [3.63, 3.8) is 0 Å². The van der Waals surface area contributed by atoms with Gasteiger partial charge in [-0.25, -0.2) is 14.7 Å². The van der Waals surface area contributed by atoms with Gasteiger partial charge in [0.05, 0.1) is 6.20 Å². The van der Waals surface area contributed by atoms with Crippen LogP contribution in [0.15, 0.2) is 18.3 Å². The van der Waals surface area contributed by atoms with Crippen LogP contribution in [0.5, 0.6) is 5.75 Å². The van der Waals surface area contributed by atoms with Crippen LogP contribution in [-0.2, 0) is 4.94 Å². The lowest BCUT2D eigenvalue weighted by Crippen LogP contribution is -2.09. The molecule has 0 spiro atoms. The summed E-state index contributed by atoms with van der Waals surface area (Å²) >= 11 is 0. The number of nitrogens with one attached hydrogen (secondary N) is 1. The smallest absolute Gasteiger partial charge is 0.450 e. The molecular formula is C6H5FN2O3. The maximum atomic E-state index is 11.2. The summed E-state index contributed by atoms with van der Waals surface area (Å²) in [6.45, 7) is 0. The maximum Gasteiger partial charge on any atom is 0.450 e. The summed E-state index contributed by atoms with van der Waals surface area (Å²) < 4.78 is 11.2. The highest BCUT2D eigenvalue weighted by atomic mass is 19.3. The zero-order valence-electron chi connectivity index (χ0n) is 5.82. The van der Waals surface area contributed by atoms with Crippen molar-refractivity contribution >= 4 is 11.9 Å². The van der Waals surface area contributed by atoms with Crippen LogP contribution in [0, 0.1) is 0 Å². The standard InChI is InChI=1S/C6H5FN2O3/c7-12-6(11)9-5-2-1-4(10)3-8-5/h1-3,10H,(H,8,9,11). The molecule has 1 heterocycles. The highest BCUT2D eigenvalue weighted by Crippen LogP contribution is 2.09. The second-order valence-corrected chi connectivity index (χ2v) is 1.89. The molecule has 0 bridgehead atoms. The first-order valence-electron chi connectivity index (χ1n) is 2.97. The Morgan fingerprint density at radius 3 is 2.92 bits per heavy atom. The Bertz CT molecular complexity index is 275. The Labute approximate surface area is 66.7 Å². The Morgan fingerprint density at radius 2 is 2.42 bits per heavy atom. The number of carbonyl (C=O) groups is 1. The van der Waals surface area contributed by atoms with Crippen molar-refractivity contribution in [3.8, 4) is 5.75 Å². The van der Waals surface area contributed by atoms with E-state index in [-0.39, 0.29) is 11.6 Å². The van der Waals surface area contributed by atoms with E-state index in [1.54, 1.807) is 0 Å². The van der Waals surface area contributed by atoms with Crippen molar-refractivity contribution in [1.82, 2.24) is 4.98 Å². The summed E-state index contributed by atoms with van der Waals surface area (Å²) in [5.74, 6) is 0.0459. The number of carbonyl (C=O) groups excluding carboxylic acids is 1. The normalized spacial score (nSPS) is 9.08. The van der Waals surface area contributed by atoms with Gasteiger partial charge in [-0.15, -0.1) is 0 Å². The van der Waals surface area contributed by atoms with E-state index in [4.69, 9.17) is 5.11 Å². The predicted molar refractivity (Wildman–Crippen MR) is 37.1 cm³/mol. The highest BCUT2D eigenvalue weighted by Gasteiger charge is 2.02. The molecule has 0 radical (unpaired) electrons. The number of hydrogen-bond acceptors (Lipinski definition) is 4. The molecule has 6 heteroatoms. The lowest BCUT2D eigenvalue weighted by atomic mass is 10.4. The molecule has 0 fully saturated rings. The van der Waals surface area contributed by atoms with Gasteiger partial charge in [0.25, 0.3) is 0 Å². The minimum absolute atomic E-state index is 0.0471. The van der Waals surface area contributed by atoms with Crippen molar-refractivity contribution in [1.29, 1.82) is 0 Å². The molecule has 0 saturated carbocycles. The second-order valence-electron chi connectivity index (χ2n) is 1.89. The van der Waals surface area contributed by atoms with Crippen molar-refractivity contribution < 1.29 is 19.4 Å². The van der Waals surface area contributed by atoms with Crippen molar-refractivity contribution in [2.24, 2.45) is 0 Å². The molecule has 1 rings (SSSR count). The summed E-state index contributed by atoms with van der Waals surface area (Å²) in [4.78, 5) is 16.6. The molecule has 12 heavy (non-hydrogen) atoms. The van der Waals surface area contributed by atoms with Crippen molar-refractivity contribution in [2.45, 2.75) is 0 Å². The summed E-state index contributed by atoms with van der Waals surface area (Å²) in [6.07, 6.45) is -0.151. The van der Waals surface area contributed by atoms with E-state index in [0.29, 0.717) is 0 Å². The molecule has 0 aliphatic rings. The Morgan fingerprint density at radius 1 is 1.67 bits per heavy atom. The monoisotopic (exact) mass is 172 g/mol. The Kier molecular flexibility index (Phi) is 2.42. The number of amides is 1. The molecular weight excluding hydrogens is 167 g/mol. The van der Waals surface area contributed by atoms with Gasteiger partial charge in [-0.05, 0) is 12.1 Å². The predicted octanol–water partition coefficient (Wildman–Crippen LogP) is 1.22. The molecule has 2 N–H and O–H groups in total. The van der Waals surface area contributed by atoms with E-state index in [0.717, 1.165) is 6.20 Å². The van der Waals surface area contributed by atoms with Crippen LogP contribution < -0.4 is 5.32 Å². The molecule has 0 aliphatic carbocycles. The molecule has 64 valence electrons. The van der Waals surface area contributed by atoms with Crippen LogP contribution >= 0.6 is 0 Å². The second kappa shape index (κ2) is 3.51. The Balaban J connectivity index is 2.64. The third-order valence-electron chi connectivity index (χ3n) is 1.05. The van der Waals surface area contributed by atoms with Gasteiger partial charge in [-0.3, -0.25) is 5.32 Å². The zero-order valence-corrected chi connectivity index (χ0v) is 5.82. The van der Waals surface area contributed by atoms with E-state index >= 15 is 0 Å². The summed E-state index contributed by atoms with van der Waals surface area (Å²) in [6, 6.07) is 2.59. The fourth-order valence-electron chi connectivity index (χ4n) is 0.584. The maximum absolute atomic E-state index is 11.2. The van der Waals surface area contributed by atoms with E-state index in [9.17, 15) is 9.32 Å². The van der Waals surface area contributed by atoms with Gasteiger partial charge in [-0.2, -0.15) is 0 Å². The number of aromatic hydroxyl groups is 1. The topological polar surface area (TPSA) is 71.5 Å². The number of aromatic nitrogens is 1. The molecule has 1 amide bonds. The number of pyridine rings is 1. The van der Waals surface area contributed by atoms with Crippen LogP contribution in [-0.4, -0.2) is 16.2 Å². The average molecular weight is 172 g/mol. The third-order valence-corrected chi connectivity index (χ3v) is 1.05. The average Bonchev–Trinajstić information content (AvgIpc) is 2.09. The van der Waals surface area contributed by atoms with Gasteiger partial charge >= 0.3 is 6.09 Å². The van der Waals surface area contributed by atoms with E-state index in [2.05, 4.69) is 9.93 Å². The lowest BCUT2D eigenvalue weighted by Gasteiger charge is -1.98. The number of halogens is 1. The fourth-order valence-corrected chi connectivity index (χ4v) is 0.584. The largest absolute Gasteiger partial charge is 0.506 e. The van der Waals surface area contributed by atoms with E-state index in [1.165, 1.54) is 12.1 Å². The SMILES string of the molecule is O=C(Nc1ccc(O)cn1)OF. The van der Waals surface area contributed by atoms with Gasteiger partial charge in [0.1, 0.15) is 11.6 Å². The summed E-state index contributed by atoms with van der Waals surface area (Å²) in [5, 5.41) is 10.7. The van der Waals surface area contributed by atoms with Crippen LogP contribution in [0.4, 0.5) is 15.1 Å². The zero-order chi connectivity index (χ0) is 8.97. The molecule has 5 nitrogen and oxygen atoms in total. The first-order valence-corrected chi connectivity index (χ1v) is 2.97. The van der Waals surface area contributed by atoms with Gasteiger partial charge in [0.2, 0.25) is 0 Å². The van der Waals surface area contributed by atoms with E-state index < -0.39 is 6.09 Å². The number of anilines is 1. The first kappa shape index (κ1) is 8.25. The number of nitrogens with zero attached hydrogens (tertiary/aromatic N) is 1. The quantitative estimate of drug-likeness (QED) is 0.668.